The third-order valence-electron chi connectivity index (χ3n) is 3.90. The molecule has 22 heavy (non-hydrogen) atoms. The number of benzene rings is 1. The predicted octanol–water partition coefficient (Wildman–Crippen LogP) is 0.801. The van der Waals surface area contributed by atoms with Crippen LogP contribution in [0.15, 0.2) is 30.3 Å². The molecule has 0 saturated carbocycles. The Morgan fingerprint density at radius 2 is 1.82 bits per heavy atom. The first-order chi connectivity index (χ1) is 10.5. The van der Waals surface area contributed by atoms with Gasteiger partial charge in [-0.1, -0.05) is 30.3 Å². The van der Waals surface area contributed by atoms with Gasteiger partial charge in [-0.05, 0) is 19.4 Å². The fourth-order valence-corrected chi connectivity index (χ4v) is 2.87. The third kappa shape index (κ3) is 3.17. The average Bonchev–Trinajstić information content (AvgIpc) is 2.84. The first-order valence-electron chi connectivity index (χ1n) is 7.46. The second-order valence-corrected chi connectivity index (χ2v) is 6.08. The van der Waals surface area contributed by atoms with Crippen LogP contribution in [-0.2, 0) is 25.6 Å². The number of rotatable bonds is 4. The van der Waals surface area contributed by atoms with E-state index in [-0.39, 0.29) is 6.61 Å². The zero-order chi connectivity index (χ0) is 15.7. The van der Waals surface area contributed by atoms with Gasteiger partial charge in [0.1, 0.15) is 24.4 Å². The van der Waals surface area contributed by atoms with Crippen molar-refractivity contribution in [3.05, 3.63) is 35.9 Å². The van der Waals surface area contributed by atoms with E-state index >= 15 is 0 Å². The van der Waals surface area contributed by atoms with Gasteiger partial charge >= 0.3 is 0 Å². The fraction of sp³-hybridized carbons (Fsp3) is 0.625. The van der Waals surface area contributed by atoms with Gasteiger partial charge in [0.05, 0.1) is 13.2 Å². The number of ether oxygens (including phenoxy) is 4. The molecular formula is C16H22O6. The highest BCUT2D eigenvalue weighted by molar-refractivity contribution is 5.13. The van der Waals surface area contributed by atoms with Gasteiger partial charge in [0.2, 0.25) is 0 Å². The minimum absolute atomic E-state index is 0.306. The van der Waals surface area contributed by atoms with Gasteiger partial charge < -0.3 is 29.2 Å². The van der Waals surface area contributed by atoms with Crippen LogP contribution in [0.3, 0.4) is 0 Å². The van der Waals surface area contributed by atoms with Crippen LogP contribution in [0, 0.1) is 0 Å². The van der Waals surface area contributed by atoms with Gasteiger partial charge in [0.15, 0.2) is 12.1 Å². The standard InChI is InChI=1S/C16H22O6/c1-16(2)21-13-12(18)11(8-17)20-15(14(13)22-16)19-9-10-6-4-3-5-7-10/h3-7,11-15,17-18H,8-9H2,1-2H3/t11-,12-,13+,14+,15+/m1/s1. The van der Waals surface area contributed by atoms with Crippen molar-refractivity contribution in [3.63, 3.8) is 0 Å². The maximum Gasteiger partial charge on any atom is 0.187 e. The molecule has 1 aromatic rings. The molecule has 2 aliphatic heterocycles. The van der Waals surface area contributed by atoms with Crippen molar-refractivity contribution < 1.29 is 29.2 Å². The largest absolute Gasteiger partial charge is 0.394 e. The van der Waals surface area contributed by atoms with Crippen LogP contribution in [0.2, 0.25) is 0 Å². The summed E-state index contributed by atoms with van der Waals surface area (Å²) in [7, 11) is 0. The summed E-state index contributed by atoms with van der Waals surface area (Å²) in [5.41, 5.74) is 1.01. The van der Waals surface area contributed by atoms with E-state index in [1.54, 1.807) is 13.8 Å². The second-order valence-electron chi connectivity index (χ2n) is 6.08. The van der Waals surface area contributed by atoms with E-state index in [9.17, 15) is 10.2 Å². The summed E-state index contributed by atoms with van der Waals surface area (Å²) in [6.07, 6.45) is -3.52. The number of hydrogen-bond acceptors (Lipinski definition) is 6. The molecule has 5 atom stereocenters. The quantitative estimate of drug-likeness (QED) is 0.857. The topological polar surface area (TPSA) is 77.4 Å². The van der Waals surface area contributed by atoms with E-state index in [2.05, 4.69) is 0 Å². The lowest BCUT2D eigenvalue weighted by atomic mass is 9.99. The molecule has 0 radical (unpaired) electrons. The Bertz CT molecular complexity index is 491. The van der Waals surface area contributed by atoms with Gasteiger partial charge in [-0.25, -0.2) is 0 Å². The lowest BCUT2D eigenvalue weighted by Gasteiger charge is -2.39. The first kappa shape index (κ1) is 15.9. The molecule has 6 nitrogen and oxygen atoms in total. The molecule has 1 aromatic carbocycles. The predicted molar refractivity (Wildman–Crippen MR) is 76.8 cm³/mol. The average molecular weight is 310 g/mol. The molecule has 2 heterocycles. The van der Waals surface area contributed by atoms with Crippen molar-refractivity contribution in [2.45, 2.75) is 56.9 Å². The van der Waals surface area contributed by atoms with Gasteiger partial charge in [-0.15, -0.1) is 0 Å². The minimum Gasteiger partial charge on any atom is -0.394 e. The third-order valence-corrected chi connectivity index (χ3v) is 3.90. The Hall–Kier alpha value is -1.02. The van der Waals surface area contributed by atoms with Crippen LogP contribution in [0.1, 0.15) is 19.4 Å². The molecule has 0 aromatic heterocycles. The monoisotopic (exact) mass is 310 g/mol. The molecule has 0 spiro atoms. The van der Waals surface area contributed by atoms with E-state index < -0.39 is 36.5 Å². The minimum atomic E-state index is -0.951. The van der Waals surface area contributed by atoms with Crippen LogP contribution < -0.4 is 0 Å². The lowest BCUT2D eigenvalue weighted by Crippen LogP contribution is -2.57. The van der Waals surface area contributed by atoms with Crippen LogP contribution in [0.5, 0.6) is 0 Å². The zero-order valence-electron chi connectivity index (χ0n) is 12.7. The Labute approximate surface area is 129 Å². The van der Waals surface area contributed by atoms with Gasteiger partial charge in [0.25, 0.3) is 0 Å². The van der Waals surface area contributed by atoms with Crippen LogP contribution in [0.4, 0.5) is 0 Å². The molecule has 2 N–H and O–H groups in total. The highest BCUT2D eigenvalue weighted by Gasteiger charge is 2.55. The van der Waals surface area contributed by atoms with E-state index in [1.165, 1.54) is 0 Å². The molecule has 2 aliphatic rings. The Morgan fingerprint density at radius 3 is 2.50 bits per heavy atom. The summed E-state index contributed by atoms with van der Waals surface area (Å²) in [4.78, 5) is 0. The van der Waals surface area contributed by atoms with Crippen molar-refractivity contribution in [2.24, 2.45) is 0 Å². The van der Waals surface area contributed by atoms with Crippen molar-refractivity contribution in [2.75, 3.05) is 6.61 Å². The summed E-state index contributed by atoms with van der Waals surface area (Å²) < 4.78 is 23.0. The summed E-state index contributed by atoms with van der Waals surface area (Å²) in [6, 6.07) is 9.71. The highest BCUT2D eigenvalue weighted by atomic mass is 16.8. The summed E-state index contributed by atoms with van der Waals surface area (Å²) in [5.74, 6) is -0.821. The summed E-state index contributed by atoms with van der Waals surface area (Å²) in [5, 5.41) is 19.6. The van der Waals surface area contributed by atoms with Crippen molar-refractivity contribution in [1.82, 2.24) is 0 Å². The molecule has 0 aliphatic carbocycles. The molecule has 0 bridgehead atoms. The SMILES string of the molecule is CC1(C)O[C@@H]2[C@@H](OCc3ccccc3)O[C@H](CO)[C@@H](O)[C@@H]2O1. The van der Waals surface area contributed by atoms with E-state index in [0.29, 0.717) is 6.61 Å². The first-order valence-corrected chi connectivity index (χ1v) is 7.46. The van der Waals surface area contributed by atoms with Crippen molar-refractivity contribution in [1.29, 1.82) is 0 Å². The number of aliphatic hydroxyl groups excluding tert-OH is 2. The van der Waals surface area contributed by atoms with Crippen LogP contribution >= 0.6 is 0 Å². The molecule has 2 fully saturated rings. The molecule has 6 heteroatoms. The molecule has 0 unspecified atom stereocenters. The fourth-order valence-electron chi connectivity index (χ4n) is 2.87. The van der Waals surface area contributed by atoms with Crippen molar-refractivity contribution >= 4 is 0 Å². The number of hydrogen-bond donors (Lipinski definition) is 2. The smallest absolute Gasteiger partial charge is 0.187 e. The Morgan fingerprint density at radius 1 is 1.14 bits per heavy atom. The van der Waals surface area contributed by atoms with E-state index in [1.807, 2.05) is 30.3 Å². The van der Waals surface area contributed by atoms with Gasteiger partial charge in [0, 0.05) is 0 Å². The Balaban J connectivity index is 1.71. The van der Waals surface area contributed by atoms with E-state index in [0.717, 1.165) is 5.56 Å². The van der Waals surface area contributed by atoms with Gasteiger partial charge in [-0.3, -0.25) is 0 Å². The molecular weight excluding hydrogens is 288 g/mol. The molecule has 0 amide bonds. The number of fused-ring (bicyclic) bond motifs is 1. The molecule has 122 valence electrons. The van der Waals surface area contributed by atoms with Crippen molar-refractivity contribution in [3.8, 4) is 0 Å². The summed E-state index contributed by atoms with van der Waals surface area (Å²) in [6.45, 7) is 3.60. The zero-order valence-corrected chi connectivity index (χ0v) is 12.7. The maximum atomic E-state index is 10.2. The number of aliphatic hydroxyl groups is 2. The lowest BCUT2D eigenvalue weighted by molar-refractivity contribution is -0.283. The Kier molecular flexibility index (Phi) is 4.49. The summed E-state index contributed by atoms with van der Waals surface area (Å²) >= 11 is 0. The molecule has 3 rings (SSSR count). The normalized spacial score (nSPS) is 37.0. The second kappa shape index (κ2) is 6.23. The van der Waals surface area contributed by atoms with Crippen LogP contribution in [0.25, 0.3) is 0 Å². The molecule has 2 saturated heterocycles. The van der Waals surface area contributed by atoms with Crippen LogP contribution in [-0.4, -0.2) is 53.3 Å². The van der Waals surface area contributed by atoms with E-state index in [4.69, 9.17) is 18.9 Å². The highest BCUT2D eigenvalue weighted by Crippen LogP contribution is 2.37. The maximum absolute atomic E-state index is 10.2. The van der Waals surface area contributed by atoms with Gasteiger partial charge in [-0.2, -0.15) is 0 Å².